The van der Waals surface area contributed by atoms with E-state index in [2.05, 4.69) is 6.58 Å². The molecule has 0 saturated heterocycles. The van der Waals surface area contributed by atoms with Crippen molar-refractivity contribution in [2.24, 2.45) is 0 Å². The van der Waals surface area contributed by atoms with Gasteiger partial charge in [0, 0.05) is 5.57 Å². The number of hydrogen-bond donors (Lipinski definition) is 2. The number of carbonyl (C=O) groups excluding carboxylic acids is 2. The number of rotatable bonds is 7. The van der Waals surface area contributed by atoms with Gasteiger partial charge >= 0.3 is 12.1 Å². The molecule has 7 heteroatoms. The molecule has 2 unspecified atom stereocenters. The third kappa shape index (κ3) is 6.21. The fourth-order valence-corrected chi connectivity index (χ4v) is 1.18. The Labute approximate surface area is 112 Å². The van der Waals surface area contributed by atoms with Gasteiger partial charge in [-0.15, -0.1) is 0 Å². The molecule has 0 aliphatic rings. The largest absolute Gasteiger partial charge is 0.450 e. The second-order valence-electron chi connectivity index (χ2n) is 3.97. The van der Waals surface area contributed by atoms with E-state index in [1.807, 2.05) is 0 Å². The molecule has 0 fully saturated rings. The van der Waals surface area contributed by atoms with Crippen molar-refractivity contribution in [3.63, 3.8) is 0 Å². The van der Waals surface area contributed by atoms with Crippen LogP contribution in [-0.2, 0) is 14.3 Å². The van der Waals surface area contributed by atoms with Gasteiger partial charge in [0.25, 0.3) is 0 Å². The van der Waals surface area contributed by atoms with Gasteiger partial charge in [0.15, 0.2) is 6.23 Å². The average molecular weight is 275 g/mol. The number of nitrogens with zero attached hydrogens (tertiary/aromatic N) is 1. The van der Waals surface area contributed by atoms with Gasteiger partial charge in [-0.25, -0.2) is 9.59 Å². The van der Waals surface area contributed by atoms with Crippen LogP contribution in [-0.4, -0.2) is 59.3 Å². The summed E-state index contributed by atoms with van der Waals surface area (Å²) in [5.41, 5.74) is 0.193. The maximum atomic E-state index is 11.7. The van der Waals surface area contributed by atoms with E-state index in [-0.39, 0.29) is 18.7 Å². The first-order valence-corrected chi connectivity index (χ1v) is 5.92. The van der Waals surface area contributed by atoms with Crippen LogP contribution in [0.4, 0.5) is 4.79 Å². The minimum absolute atomic E-state index is 0.145. The van der Waals surface area contributed by atoms with Crippen LogP contribution in [0, 0.1) is 0 Å². The molecule has 0 aromatic heterocycles. The summed E-state index contributed by atoms with van der Waals surface area (Å²) < 4.78 is 9.77. The summed E-state index contributed by atoms with van der Waals surface area (Å²) in [4.78, 5) is 24.1. The van der Waals surface area contributed by atoms with Crippen molar-refractivity contribution in [2.45, 2.75) is 33.1 Å². The van der Waals surface area contributed by atoms with Crippen LogP contribution in [0.5, 0.6) is 0 Å². The Morgan fingerprint density at radius 1 is 1.42 bits per heavy atom. The van der Waals surface area contributed by atoms with E-state index in [9.17, 15) is 14.7 Å². The van der Waals surface area contributed by atoms with Gasteiger partial charge in [-0.3, -0.25) is 4.90 Å². The number of amides is 1. The Balaban J connectivity index is 4.75. The zero-order chi connectivity index (χ0) is 15.0. The first-order chi connectivity index (χ1) is 8.83. The maximum Gasteiger partial charge on any atom is 0.412 e. The van der Waals surface area contributed by atoms with Crippen molar-refractivity contribution in [3.05, 3.63) is 12.2 Å². The molecule has 19 heavy (non-hydrogen) atoms. The standard InChI is InChI=1S/C12H21NO6/c1-5-18-12(17)13(6-10(15)7-14)9(4)19-11(16)8(2)3/h9-10,14-15H,2,5-7H2,1,3-4H3. The summed E-state index contributed by atoms with van der Waals surface area (Å²) in [7, 11) is 0. The fourth-order valence-electron chi connectivity index (χ4n) is 1.18. The van der Waals surface area contributed by atoms with Gasteiger partial charge in [-0.2, -0.15) is 0 Å². The molecule has 2 N–H and O–H groups in total. The molecule has 2 atom stereocenters. The third-order valence-electron chi connectivity index (χ3n) is 2.19. The van der Waals surface area contributed by atoms with Gasteiger partial charge < -0.3 is 19.7 Å². The Kier molecular flexibility index (Phi) is 7.78. The number of hydrogen-bond acceptors (Lipinski definition) is 6. The first kappa shape index (κ1) is 17.4. The summed E-state index contributed by atoms with van der Waals surface area (Å²) in [5, 5.41) is 18.2. The predicted octanol–water partition coefficient (Wildman–Crippen LogP) is 0.263. The molecule has 0 spiro atoms. The van der Waals surface area contributed by atoms with E-state index in [1.54, 1.807) is 6.92 Å². The second-order valence-corrected chi connectivity index (χ2v) is 3.97. The van der Waals surface area contributed by atoms with Crippen LogP contribution in [0.1, 0.15) is 20.8 Å². The van der Waals surface area contributed by atoms with Crippen LogP contribution in [0.3, 0.4) is 0 Å². The van der Waals surface area contributed by atoms with E-state index >= 15 is 0 Å². The zero-order valence-electron chi connectivity index (χ0n) is 11.5. The number of aliphatic hydroxyl groups is 2. The molecule has 0 aromatic rings. The quantitative estimate of drug-likeness (QED) is 0.393. The lowest BCUT2D eigenvalue weighted by molar-refractivity contribution is -0.152. The predicted molar refractivity (Wildman–Crippen MR) is 67.2 cm³/mol. The van der Waals surface area contributed by atoms with Crippen molar-refractivity contribution in [1.29, 1.82) is 0 Å². The zero-order valence-corrected chi connectivity index (χ0v) is 11.5. The number of esters is 1. The number of ether oxygens (including phenoxy) is 2. The molecule has 0 rings (SSSR count). The highest BCUT2D eigenvalue weighted by molar-refractivity contribution is 5.87. The average Bonchev–Trinajstić information content (AvgIpc) is 2.35. The molecular weight excluding hydrogens is 254 g/mol. The molecule has 110 valence electrons. The molecular formula is C12H21NO6. The summed E-state index contributed by atoms with van der Waals surface area (Å²) in [6.07, 6.45) is -2.82. The highest BCUT2D eigenvalue weighted by Gasteiger charge is 2.26. The van der Waals surface area contributed by atoms with Crippen molar-refractivity contribution < 1.29 is 29.3 Å². The molecule has 7 nitrogen and oxygen atoms in total. The van der Waals surface area contributed by atoms with Gasteiger partial charge in [0.05, 0.1) is 25.9 Å². The topological polar surface area (TPSA) is 96.3 Å². The lowest BCUT2D eigenvalue weighted by Gasteiger charge is -2.29. The van der Waals surface area contributed by atoms with E-state index in [0.29, 0.717) is 0 Å². The van der Waals surface area contributed by atoms with Crippen LogP contribution in [0.2, 0.25) is 0 Å². The Morgan fingerprint density at radius 3 is 2.42 bits per heavy atom. The van der Waals surface area contributed by atoms with Crippen LogP contribution in [0.15, 0.2) is 12.2 Å². The summed E-state index contributed by atoms with van der Waals surface area (Å²) in [6, 6.07) is 0. The third-order valence-corrected chi connectivity index (χ3v) is 2.19. The normalized spacial score (nSPS) is 13.3. The van der Waals surface area contributed by atoms with Crippen molar-refractivity contribution in [2.75, 3.05) is 19.8 Å². The van der Waals surface area contributed by atoms with E-state index < -0.39 is 31.0 Å². The van der Waals surface area contributed by atoms with Gasteiger partial charge in [0.2, 0.25) is 0 Å². The molecule has 1 amide bonds. The van der Waals surface area contributed by atoms with Crippen LogP contribution >= 0.6 is 0 Å². The minimum atomic E-state index is -1.14. The lowest BCUT2D eigenvalue weighted by atomic mass is 10.3. The monoisotopic (exact) mass is 275 g/mol. The van der Waals surface area contributed by atoms with Crippen LogP contribution < -0.4 is 0 Å². The SMILES string of the molecule is C=C(C)C(=O)OC(C)N(CC(O)CO)C(=O)OCC. The molecule has 0 bridgehead atoms. The smallest absolute Gasteiger partial charge is 0.412 e. The Hall–Kier alpha value is -1.60. The highest BCUT2D eigenvalue weighted by Crippen LogP contribution is 2.08. The van der Waals surface area contributed by atoms with Gasteiger partial charge in [-0.05, 0) is 20.8 Å². The molecule has 0 saturated carbocycles. The molecule has 0 aliphatic heterocycles. The molecule has 0 aromatic carbocycles. The van der Waals surface area contributed by atoms with Crippen molar-refractivity contribution >= 4 is 12.1 Å². The second kappa shape index (κ2) is 8.49. The minimum Gasteiger partial charge on any atom is -0.450 e. The highest BCUT2D eigenvalue weighted by atomic mass is 16.6. The van der Waals surface area contributed by atoms with Crippen LogP contribution in [0.25, 0.3) is 0 Å². The molecule has 0 radical (unpaired) electrons. The fraction of sp³-hybridized carbons (Fsp3) is 0.667. The first-order valence-electron chi connectivity index (χ1n) is 5.92. The van der Waals surface area contributed by atoms with E-state index in [4.69, 9.17) is 14.6 Å². The van der Waals surface area contributed by atoms with Crippen molar-refractivity contribution in [1.82, 2.24) is 4.90 Å². The van der Waals surface area contributed by atoms with E-state index in [1.165, 1.54) is 13.8 Å². The number of carbonyl (C=O) groups is 2. The van der Waals surface area contributed by atoms with E-state index in [0.717, 1.165) is 4.90 Å². The summed E-state index contributed by atoms with van der Waals surface area (Å²) >= 11 is 0. The van der Waals surface area contributed by atoms with Gasteiger partial charge in [-0.1, -0.05) is 6.58 Å². The lowest BCUT2D eigenvalue weighted by Crippen LogP contribution is -2.46. The maximum absolute atomic E-state index is 11.7. The molecule has 0 aliphatic carbocycles. The van der Waals surface area contributed by atoms with Crippen molar-refractivity contribution in [3.8, 4) is 0 Å². The number of aliphatic hydroxyl groups excluding tert-OH is 2. The van der Waals surface area contributed by atoms with Gasteiger partial charge in [0.1, 0.15) is 0 Å². The summed E-state index contributed by atoms with van der Waals surface area (Å²) in [6.45, 7) is 7.41. The summed E-state index contributed by atoms with van der Waals surface area (Å²) in [5.74, 6) is -0.653. The Morgan fingerprint density at radius 2 is 2.00 bits per heavy atom. The Bertz CT molecular complexity index is 330. The molecule has 0 heterocycles.